The predicted molar refractivity (Wildman–Crippen MR) is 264 cm³/mol. The molecule has 0 amide bonds. The van der Waals surface area contributed by atoms with Crippen LogP contribution in [-0.4, -0.2) is 431 Å². The van der Waals surface area contributed by atoms with E-state index >= 15 is 0 Å². The normalized spacial score (nSPS) is 53.6. The van der Waals surface area contributed by atoms with Crippen molar-refractivity contribution >= 4 is 0 Å². The Hall–Kier alpha value is -1.64. The minimum atomic E-state index is -2.26. The van der Waals surface area contributed by atoms with Gasteiger partial charge in [0.15, 0.2) is 50.3 Å². The molecule has 0 spiro atoms. The minimum Gasteiger partial charge on any atom is -0.394 e. The maximum atomic E-state index is 11.4. The van der Waals surface area contributed by atoms with Crippen molar-refractivity contribution in [1.29, 1.82) is 0 Å². The SMILES string of the molecule is OC[C@H]1O[C@H](O[C@H]2[C@H](O)[C@@H](O)[C@@H](O[C@H]3[C@H](O)[C@@H](O)[C@@H](O[C@H]4[C@H](O)[C@@H](O)[C@@H](O[C@H]5[C@H](O)[C@@H](O)[C@@H](O[C@H]6[C@H](O)[C@@H](O)[C@@H](O[C@H]7[C@H](O)[C@@H](O)[C@@H](OC[C@H]8OC(O)[C@H](O)[C@@H](O)[C@@H]8O)O[C@@H]7CO)O[C@@H]6CO)O[C@@H]5CO)O[C@@H]4CO)O[C@@H]3CO)O[C@@H]2CO)[C@H](O)[C@@H](O)[C@@H]1O. The van der Waals surface area contributed by atoms with Crippen LogP contribution in [0.3, 0.4) is 0 Å². The van der Waals surface area contributed by atoms with Crippen LogP contribution >= 0.6 is 0 Å². The topological polar surface area (TPSA) is 664 Å². The van der Waals surface area contributed by atoms with E-state index in [4.69, 9.17) is 71.1 Å². The first-order chi connectivity index (χ1) is 42.2. The summed E-state index contributed by atoms with van der Waals surface area (Å²) in [6.07, 6.45) is -77.8. The lowest BCUT2D eigenvalue weighted by atomic mass is 9.95. The van der Waals surface area contributed by atoms with Gasteiger partial charge in [-0.2, -0.15) is 0 Å². The zero-order valence-corrected chi connectivity index (χ0v) is 46.5. The lowest BCUT2D eigenvalue weighted by Gasteiger charge is -2.50. The van der Waals surface area contributed by atoms with Gasteiger partial charge in [-0.05, 0) is 0 Å². The molecule has 8 saturated heterocycles. The van der Waals surface area contributed by atoms with E-state index in [0.29, 0.717) is 0 Å². The third-order valence-corrected chi connectivity index (χ3v) is 16.6. The number of hydrogen-bond acceptors (Lipinski definition) is 41. The van der Waals surface area contributed by atoms with Gasteiger partial charge in [0.1, 0.15) is 195 Å². The van der Waals surface area contributed by atoms with Crippen LogP contribution in [-0.2, 0) is 71.1 Å². The van der Waals surface area contributed by atoms with E-state index in [1.54, 1.807) is 0 Å². The van der Waals surface area contributed by atoms with E-state index < -0.39 is 299 Å². The van der Waals surface area contributed by atoms with Gasteiger partial charge >= 0.3 is 0 Å². The summed E-state index contributed by atoms with van der Waals surface area (Å²) in [6, 6.07) is 0. The van der Waals surface area contributed by atoms with Crippen LogP contribution in [0.5, 0.6) is 0 Å². The molecule has 0 aliphatic carbocycles. The molecule has 8 rings (SSSR count). The van der Waals surface area contributed by atoms with Crippen LogP contribution in [0.1, 0.15) is 0 Å². The molecule has 8 aliphatic heterocycles. The van der Waals surface area contributed by atoms with Crippen LogP contribution in [0.2, 0.25) is 0 Å². The second-order valence-corrected chi connectivity index (χ2v) is 22.4. The third-order valence-electron chi connectivity index (χ3n) is 16.6. The van der Waals surface area contributed by atoms with Crippen LogP contribution in [0.25, 0.3) is 0 Å². The Bertz CT molecular complexity index is 2120. The van der Waals surface area contributed by atoms with E-state index in [9.17, 15) is 133 Å². The molecule has 0 bridgehead atoms. The molecule has 0 aromatic rings. The van der Waals surface area contributed by atoms with Gasteiger partial charge in [0.25, 0.3) is 0 Å². The van der Waals surface area contributed by atoms with Crippen molar-refractivity contribution < 1.29 is 204 Å². The van der Waals surface area contributed by atoms with Crippen molar-refractivity contribution in [2.45, 2.75) is 246 Å². The highest BCUT2D eigenvalue weighted by molar-refractivity contribution is 5.01. The number of aliphatic hydroxyl groups excluding tert-OH is 26. The Balaban J connectivity index is 0.842. The third kappa shape index (κ3) is 15.2. The second kappa shape index (κ2) is 31.5. The summed E-state index contributed by atoms with van der Waals surface area (Å²) < 4.78 is 83.3. The van der Waals surface area contributed by atoms with E-state index in [-0.39, 0.29) is 0 Å². The smallest absolute Gasteiger partial charge is 0.187 e. The highest BCUT2D eigenvalue weighted by Gasteiger charge is 2.59. The molecule has 0 radical (unpaired) electrons. The van der Waals surface area contributed by atoms with Gasteiger partial charge in [-0.3, -0.25) is 0 Å². The van der Waals surface area contributed by atoms with Crippen LogP contribution in [0.4, 0.5) is 0 Å². The highest BCUT2D eigenvalue weighted by atomic mass is 16.8. The summed E-state index contributed by atoms with van der Waals surface area (Å²) >= 11 is 0. The van der Waals surface area contributed by atoms with E-state index in [1.165, 1.54) is 0 Å². The monoisotopic (exact) mass is 1310 g/mol. The van der Waals surface area contributed by atoms with Crippen LogP contribution in [0, 0.1) is 0 Å². The van der Waals surface area contributed by atoms with Crippen molar-refractivity contribution in [3.8, 4) is 0 Å². The molecular weight excluding hydrogens is 1230 g/mol. The van der Waals surface area contributed by atoms with Crippen molar-refractivity contribution in [2.24, 2.45) is 0 Å². The van der Waals surface area contributed by atoms with Gasteiger partial charge in [0.05, 0.1) is 52.9 Å². The van der Waals surface area contributed by atoms with Gasteiger partial charge in [-0.1, -0.05) is 0 Å². The fourth-order valence-corrected chi connectivity index (χ4v) is 11.4. The molecule has 520 valence electrons. The molecule has 26 N–H and O–H groups in total. The van der Waals surface area contributed by atoms with Gasteiger partial charge in [0, 0.05) is 0 Å². The maximum absolute atomic E-state index is 11.4. The number of ether oxygens (including phenoxy) is 15. The Morgan fingerprint density at radius 1 is 0.191 bits per heavy atom. The first-order valence-electron chi connectivity index (χ1n) is 28.2. The van der Waals surface area contributed by atoms with Gasteiger partial charge in [-0.15, -0.1) is 0 Å². The lowest BCUT2D eigenvalue weighted by Crippen LogP contribution is -2.68. The fraction of sp³-hybridized carbons (Fsp3) is 1.00. The predicted octanol–water partition coefficient (Wildman–Crippen LogP) is -18.5. The Labute approximate surface area is 501 Å². The second-order valence-electron chi connectivity index (χ2n) is 22.4. The molecule has 41 heteroatoms. The summed E-state index contributed by atoms with van der Waals surface area (Å²) in [6.45, 7) is -7.85. The first-order valence-corrected chi connectivity index (χ1v) is 28.2. The van der Waals surface area contributed by atoms with Crippen LogP contribution < -0.4 is 0 Å². The van der Waals surface area contributed by atoms with Gasteiger partial charge < -0.3 is 204 Å². The average Bonchev–Trinajstić information content (AvgIpc) is 1.19. The summed E-state index contributed by atoms with van der Waals surface area (Å²) in [7, 11) is 0. The highest BCUT2D eigenvalue weighted by Crippen LogP contribution is 2.38. The summed E-state index contributed by atoms with van der Waals surface area (Å²) in [5.74, 6) is 0. The van der Waals surface area contributed by atoms with Crippen molar-refractivity contribution in [1.82, 2.24) is 0 Å². The zero-order chi connectivity index (χ0) is 65.4. The van der Waals surface area contributed by atoms with Crippen molar-refractivity contribution in [2.75, 3.05) is 52.9 Å². The molecule has 41 nitrogen and oxygen atoms in total. The molecule has 0 saturated carbocycles. The molecular formula is C48H82O41. The maximum Gasteiger partial charge on any atom is 0.187 e. The molecule has 40 atom stereocenters. The summed E-state index contributed by atoms with van der Waals surface area (Å²) in [5.41, 5.74) is 0. The Kier molecular flexibility index (Phi) is 25.9. The van der Waals surface area contributed by atoms with E-state index in [1.807, 2.05) is 0 Å². The van der Waals surface area contributed by atoms with Gasteiger partial charge in [0.2, 0.25) is 0 Å². The van der Waals surface area contributed by atoms with Crippen molar-refractivity contribution in [3.63, 3.8) is 0 Å². The first kappa shape index (κ1) is 73.2. The standard InChI is InChI=1S/C48H82O41/c49-1-9-17(56)20(59)28(67)43(77-9)84-36-11(3-51)79-45(30(69)22(36)61)86-38-13(5-53)81-47(32(71)24(38)63)88-40-15(7-55)83-48(34(73)26(40)65)89-39-14(6-54)82-46(33(72)25(39)64)87-37-12(4-52)80-44(31(70)23(37)62)85-35-10(2-50)78-42(29(68)21(35)60)75-8-16-18(57)19(58)27(66)41(74)76-16/h9-74H,1-8H2/t9-,10-,11-,12-,13-,14-,15-,16-,17-,18-,19+,20+,21-,22-,23-,24-,25-,26-,27-,28-,29-,30-,31-,32-,33-,34-,35-,36-,37-,38-,39-,40-,41?,42+,43-,44-,45-,46-,47-,48-/m1/s1. The molecule has 0 aromatic carbocycles. The number of hydrogen-bond donors (Lipinski definition) is 26. The number of aliphatic hydroxyl groups is 26. The molecule has 89 heavy (non-hydrogen) atoms. The Morgan fingerprint density at radius 3 is 0.652 bits per heavy atom. The average molecular weight is 1320 g/mol. The minimum absolute atomic E-state index is 0.721. The fourth-order valence-electron chi connectivity index (χ4n) is 11.4. The molecule has 0 aromatic heterocycles. The molecule has 8 aliphatic rings. The molecule has 8 fully saturated rings. The lowest BCUT2D eigenvalue weighted by molar-refractivity contribution is -0.398. The van der Waals surface area contributed by atoms with Crippen LogP contribution in [0.15, 0.2) is 0 Å². The molecule has 8 heterocycles. The van der Waals surface area contributed by atoms with E-state index in [0.717, 1.165) is 0 Å². The zero-order valence-electron chi connectivity index (χ0n) is 46.5. The summed E-state index contributed by atoms with van der Waals surface area (Å²) in [5, 5.41) is 276. The molecule has 1 unspecified atom stereocenters. The Morgan fingerprint density at radius 2 is 0.393 bits per heavy atom. The number of rotatable bonds is 22. The van der Waals surface area contributed by atoms with Crippen molar-refractivity contribution in [3.05, 3.63) is 0 Å². The quantitative estimate of drug-likeness (QED) is 0.0479. The summed E-state index contributed by atoms with van der Waals surface area (Å²) in [4.78, 5) is 0. The van der Waals surface area contributed by atoms with E-state index in [2.05, 4.69) is 0 Å². The largest absolute Gasteiger partial charge is 0.394 e. The van der Waals surface area contributed by atoms with Gasteiger partial charge in [-0.25, -0.2) is 0 Å².